The van der Waals surface area contributed by atoms with E-state index in [4.69, 9.17) is 0 Å². The van der Waals surface area contributed by atoms with Gasteiger partial charge in [0.05, 0.1) is 0 Å². The summed E-state index contributed by atoms with van der Waals surface area (Å²) in [5, 5.41) is 0. The van der Waals surface area contributed by atoms with Crippen molar-refractivity contribution in [2.75, 3.05) is 19.6 Å². The first-order valence-electron chi connectivity index (χ1n) is 6.28. The number of carbonyl (C=O) groups excluding carboxylic acids is 1. The highest BCUT2D eigenvalue weighted by molar-refractivity contribution is 5.96. The molecule has 0 bridgehead atoms. The van der Waals surface area contributed by atoms with Gasteiger partial charge in [-0.05, 0) is 31.6 Å². The van der Waals surface area contributed by atoms with E-state index in [1.165, 1.54) is 0 Å². The Morgan fingerprint density at radius 2 is 1.72 bits per heavy atom. The van der Waals surface area contributed by atoms with Gasteiger partial charge >= 0.3 is 0 Å². The number of Topliss-reactive ketones (excluding diaryl/α,β-unsaturated/α-hetero) is 1. The zero-order valence-corrected chi connectivity index (χ0v) is 10.9. The Balaban J connectivity index is 2.59. The standard InChI is InChI=1S/C14H19F2NO/c1-3-6-17(4-2)7-5-14(18)11-8-12(15)10-13(16)9-11/h8-10H,3-7H2,1-2H3. The summed E-state index contributed by atoms with van der Waals surface area (Å²) in [6.07, 6.45) is 1.31. The van der Waals surface area contributed by atoms with E-state index in [0.717, 1.165) is 37.7 Å². The molecule has 0 fully saturated rings. The maximum absolute atomic E-state index is 13.0. The largest absolute Gasteiger partial charge is 0.303 e. The normalized spacial score (nSPS) is 10.9. The summed E-state index contributed by atoms with van der Waals surface area (Å²) in [7, 11) is 0. The lowest BCUT2D eigenvalue weighted by molar-refractivity contribution is 0.0964. The fourth-order valence-corrected chi connectivity index (χ4v) is 1.86. The van der Waals surface area contributed by atoms with Gasteiger partial charge in [0.2, 0.25) is 0 Å². The van der Waals surface area contributed by atoms with Gasteiger partial charge in [0.25, 0.3) is 0 Å². The van der Waals surface area contributed by atoms with E-state index in [2.05, 4.69) is 11.8 Å². The molecular formula is C14H19F2NO. The van der Waals surface area contributed by atoms with Gasteiger partial charge in [0.1, 0.15) is 11.6 Å². The average molecular weight is 255 g/mol. The highest BCUT2D eigenvalue weighted by atomic mass is 19.1. The van der Waals surface area contributed by atoms with E-state index in [0.29, 0.717) is 6.54 Å². The molecule has 0 saturated carbocycles. The maximum atomic E-state index is 13.0. The molecule has 4 heteroatoms. The van der Waals surface area contributed by atoms with Gasteiger partial charge in [-0.1, -0.05) is 13.8 Å². The summed E-state index contributed by atoms with van der Waals surface area (Å²) in [6.45, 7) is 6.54. The van der Waals surface area contributed by atoms with Crippen molar-refractivity contribution in [3.05, 3.63) is 35.4 Å². The number of carbonyl (C=O) groups is 1. The third-order valence-electron chi connectivity index (χ3n) is 2.83. The van der Waals surface area contributed by atoms with Crippen LogP contribution in [0.2, 0.25) is 0 Å². The van der Waals surface area contributed by atoms with Gasteiger partial charge in [0.15, 0.2) is 5.78 Å². The zero-order chi connectivity index (χ0) is 13.5. The van der Waals surface area contributed by atoms with Crippen LogP contribution in [-0.2, 0) is 0 Å². The van der Waals surface area contributed by atoms with E-state index < -0.39 is 11.6 Å². The molecule has 0 radical (unpaired) electrons. The Hall–Kier alpha value is -1.29. The number of hydrogen-bond acceptors (Lipinski definition) is 2. The third-order valence-corrected chi connectivity index (χ3v) is 2.83. The van der Waals surface area contributed by atoms with E-state index >= 15 is 0 Å². The molecule has 1 aromatic carbocycles. The van der Waals surface area contributed by atoms with E-state index in [-0.39, 0.29) is 17.8 Å². The Morgan fingerprint density at radius 1 is 1.11 bits per heavy atom. The summed E-state index contributed by atoms with van der Waals surface area (Å²) >= 11 is 0. The fourth-order valence-electron chi connectivity index (χ4n) is 1.86. The van der Waals surface area contributed by atoms with Crippen LogP contribution < -0.4 is 0 Å². The molecule has 1 aromatic rings. The summed E-state index contributed by atoms with van der Waals surface area (Å²) in [5.41, 5.74) is 0.111. The molecule has 0 aliphatic rings. The lowest BCUT2D eigenvalue weighted by Crippen LogP contribution is -2.27. The van der Waals surface area contributed by atoms with Crippen LogP contribution in [0.4, 0.5) is 8.78 Å². The summed E-state index contributed by atoms with van der Waals surface area (Å²) < 4.78 is 25.9. The highest BCUT2D eigenvalue weighted by Gasteiger charge is 2.11. The third kappa shape index (κ3) is 4.53. The van der Waals surface area contributed by atoms with E-state index in [1.54, 1.807) is 0 Å². The van der Waals surface area contributed by atoms with Crippen LogP contribution in [0.3, 0.4) is 0 Å². The van der Waals surface area contributed by atoms with Crippen LogP contribution >= 0.6 is 0 Å². The average Bonchev–Trinajstić information content (AvgIpc) is 2.32. The molecule has 0 saturated heterocycles. The topological polar surface area (TPSA) is 20.3 Å². The highest BCUT2D eigenvalue weighted by Crippen LogP contribution is 2.10. The van der Waals surface area contributed by atoms with Gasteiger partial charge in [-0.2, -0.15) is 0 Å². The second kappa shape index (κ2) is 7.21. The van der Waals surface area contributed by atoms with Crippen molar-refractivity contribution in [2.45, 2.75) is 26.7 Å². The first-order chi connectivity index (χ1) is 8.56. The minimum Gasteiger partial charge on any atom is -0.303 e. The van der Waals surface area contributed by atoms with Crippen LogP contribution in [0.15, 0.2) is 18.2 Å². The van der Waals surface area contributed by atoms with Crippen LogP contribution in [0.1, 0.15) is 37.0 Å². The molecule has 0 aliphatic carbocycles. The molecule has 1 rings (SSSR count). The van der Waals surface area contributed by atoms with Crippen LogP contribution in [-0.4, -0.2) is 30.3 Å². The molecule has 2 nitrogen and oxygen atoms in total. The minimum atomic E-state index is -0.709. The van der Waals surface area contributed by atoms with Crippen molar-refractivity contribution in [1.82, 2.24) is 4.90 Å². The van der Waals surface area contributed by atoms with Crippen molar-refractivity contribution in [3.63, 3.8) is 0 Å². The minimum absolute atomic E-state index is 0.111. The summed E-state index contributed by atoms with van der Waals surface area (Å²) in [5.74, 6) is -1.64. The van der Waals surface area contributed by atoms with Gasteiger partial charge in [-0.15, -0.1) is 0 Å². The predicted molar refractivity (Wildman–Crippen MR) is 67.7 cm³/mol. The molecule has 0 spiro atoms. The molecule has 18 heavy (non-hydrogen) atoms. The van der Waals surface area contributed by atoms with Crippen LogP contribution in [0.5, 0.6) is 0 Å². The molecule has 0 amide bonds. The fraction of sp³-hybridized carbons (Fsp3) is 0.500. The lowest BCUT2D eigenvalue weighted by Gasteiger charge is -2.18. The van der Waals surface area contributed by atoms with Crippen molar-refractivity contribution in [1.29, 1.82) is 0 Å². The predicted octanol–water partition coefficient (Wildman–Crippen LogP) is 3.27. The van der Waals surface area contributed by atoms with Crippen LogP contribution in [0.25, 0.3) is 0 Å². The SMILES string of the molecule is CCCN(CC)CCC(=O)c1cc(F)cc(F)c1. The maximum Gasteiger partial charge on any atom is 0.164 e. The second-order valence-corrected chi connectivity index (χ2v) is 4.27. The summed E-state index contributed by atoms with van der Waals surface area (Å²) in [4.78, 5) is 14.0. The molecular weight excluding hydrogens is 236 g/mol. The molecule has 0 aliphatic heterocycles. The first-order valence-corrected chi connectivity index (χ1v) is 6.28. The Morgan fingerprint density at radius 3 is 2.22 bits per heavy atom. The molecule has 0 atom stereocenters. The van der Waals surface area contributed by atoms with Crippen molar-refractivity contribution < 1.29 is 13.6 Å². The van der Waals surface area contributed by atoms with Gasteiger partial charge < -0.3 is 4.90 Å². The van der Waals surface area contributed by atoms with E-state index in [9.17, 15) is 13.6 Å². The number of rotatable bonds is 7. The monoisotopic (exact) mass is 255 g/mol. The van der Waals surface area contributed by atoms with Gasteiger partial charge in [0, 0.05) is 24.6 Å². The smallest absolute Gasteiger partial charge is 0.164 e. The lowest BCUT2D eigenvalue weighted by atomic mass is 10.1. The van der Waals surface area contributed by atoms with Crippen LogP contribution in [0, 0.1) is 11.6 Å². The number of ketones is 1. The van der Waals surface area contributed by atoms with E-state index in [1.807, 2.05) is 6.92 Å². The number of hydrogen-bond donors (Lipinski definition) is 0. The molecule has 0 heterocycles. The molecule has 0 unspecified atom stereocenters. The molecule has 0 aromatic heterocycles. The zero-order valence-electron chi connectivity index (χ0n) is 10.9. The molecule has 0 N–H and O–H groups in total. The Labute approximate surface area is 107 Å². The molecule has 100 valence electrons. The first kappa shape index (κ1) is 14.8. The quantitative estimate of drug-likeness (QED) is 0.697. The Bertz CT molecular complexity index is 387. The number of nitrogens with zero attached hydrogens (tertiary/aromatic N) is 1. The van der Waals surface area contributed by atoms with Gasteiger partial charge in [-0.3, -0.25) is 4.79 Å². The summed E-state index contributed by atoms with van der Waals surface area (Å²) in [6, 6.07) is 2.94. The van der Waals surface area contributed by atoms with Crippen molar-refractivity contribution in [3.8, 4) is 0 Å². The number of halogens is 2. The second-order valence-electron chi connectivity index (χ2n) is 4.27. The van der Waals surface area contributed by atoms with Crippen molar-refractivity contribution in [2.24, 2.45) is 0 Å². The number of benzene rings is 1. The Kier molecular flexibility index (Phi) is 5.92. The van der Waals surface area contributed by atoms with Gasteiger partial charge in [-0.25, -0.2) is 8.78 Å². The van der Waals surface area contributed by atoms with Crippen molar-refractivity contribution >= 4 is 5.78 Å².